The number of amides is 2. The Balaban J connectivity index is 1.54. The van der Waals surface area contributed by atoms with Crippen LogP contribution in [0.2, 0.25) is 5.02 Å². The van der Waals surface area contributed by atoms with E-state index in [1.165, 1.54) is 0 Å². The third-order valence-corrected chi connectivity index (χ3v) is 2.93. The van der Waals surface area contributed by atoms with Crippen LogP contribution in [0.3, 0.4) is 0 Å². The highest BCUT2D eigenvalue weighted by molar-refractivity contribution is 6.30. The summed E-state index contributed by atoms with van der Waals surface area (Å²) in [7, 11) is 0. The summed E-state index contributed by atoms with van der Waals surface area (Å²) in [5, 5.41) is 6.10. The number of nitrogens with one attached hydrogen (secondary N) is 2. The first-order chi connectivity index (χ1) is 10.2. The van der Waals surface area contributed by atoms with Gasteiger partial charge in [0.15, 0.2) is 0 Å². The third kappa shape index (κ3) is 5.89. The molecule has 2 rings (SSSR count). The largest absolute Gasteiger partial charge is 0.467 e. The van der Waals surface area contributed by atoms with Crippen LogP contribution in [0.25, 0.3) is 0 Å². The van der Waals surface area contributed by atoms with Gasteiger partial charge in [-0.1, -0.05) is 11.6 Å². The number of anilines is 1. The first-order valence-corrected chi connectivity index (χ1v) is 7.02. The van der Waals surface area contributed by atoms with Gasteiger partial charge >= 0.3 is 6.03 Å². The van der Waals surface area contributed by atoms with Crippen LogP contribution < -0.4 is 10.6 Å². The zero-order valence-electron chi connectivity index (χ0n) is 11.5. The third-order valence-electron chi connectivity index (χ3n) is 2.68. The van der Waals surface area contributed by atoms with Crippen LogP contribution in [0.4, 0.5) is 10.5 Å². The van der Waals surface area contributed by atoms with E-state index in [2.05, 4.69) is 10.6 Å². The standard InChI is InChI=1S/C15H17ClN2O3/c16-12-4-6-13(7-5-12)18-15(19)17-8-2-9-20-11-14-3-1-10-21-14/h1,3-7,10H,2,8-9,11H2,(H2,17,18,19). The molecule has 0 aliphatic carbocycles. The summed E-state index contributed by atoms with van der Waals surface area (Å²) in [5.41, 5.74) is 0.700. The van der Waals surface area contributed by atoms with E-state index in [-0.39, 0.29) is 6.03 Å². The van der Waals surface area contributed by atoms with Crippen molar-refractivity contribution in [1.29, 1.82) is 0 Å². The van der Waals surface area contributed by atoms with Crippen LogP contribution in [-0.2, 0) is 11.3 Å². The SMILES string of the molecule is O=C(NCCCOCc1ccco1)Nc1ccc(Cl)cc1. The van der Waals surface area contributed by atoms with Crippen molar-refractivity contribution in [1.82, 2.24) is 5.32 Å². The fraction of sp³-hybridized carbons (Fsp3) is 0.267. The summed E-state index contributed by atoms with van der Waals surface area (Å²) >= 11 is 5.77. The van der Waals surface area contributed by atoms with E-state index < -0.39 is 0 Å². The number of halogens is 1. The first-order valence-electron chi connectivity index (χ1n) is 6.64. The lowest BCUT2D eigenvalue weighted by Gasteiger charge is -2.07. The van der Waals surface area contributed by atoms with Gasteiger partial charge in [-0.05, 0) is 42.8 Å². The molecule has 21 heavy (non-hydrogen) atoms. The molecule has 1 aromatic carbocycles. The van der Waals surface area contributed by atoms with Gasteiger partial charge in [-0.25, -0.2) is 4.79 Å². The number of carbonyl (C=O) groups excluding carboxylic acids is 1. The number of rotatable bonds is 7. The van der Waals surface area contributed by atoms with E-state index >= 15 is 0 Å². The van der Waals surface area contributed by atoms with Crippen molar-refractivity contribution in [3.63, 3.8) is 0 Å². The number of ether oxygens (including phenoxy) is 1. The van der Waals surface area contributed by atoms with Crippen LogP contribution in [0.15, 0.2) is 47.1 Å². The lowest BCUT2D eigenvalue weighted by Crippen LogP contribution is -2.30. The molecule has 6 heteroatoms. The average molecular weight is 309 g/mol. The summed E-state index contributed by atoms with van der Waals surface area (Å²) in [5.74, 6) is 0.795. The maximum absolute atomic E-state index is 11.6. The predicted molar refractivity (Wildman–Crippen MR) is 81.5 cm³/mol. The van der Waals surface area contributed by atoms with E-state index in [1.807, 2.05) is 12.1 Å². The van der Waals surface area contributed by atoms with Crippen LogP contribution in [0.5, 0.6) is 0 Å². The summed E-state index contributed by atoms with van der Waals surface area (Å²) in [4.78, 5) is 11.6. The predicted octanol–water partition coefficient (Wildman–Crippen LogP) is 3.66. The molecule has 0 saturated heterocycles. The molecule has 0 radical (unpaired) electrons. The van der Waals surface area contributed by atoms with Crippen molar-refractivity contribution >= 4 is 23.3 Å². The van der Waals surface area contributed by atoms with Gasteiger partial charge < -0.3 is 19.8 Å². The summed E-state index contributed by atoms with van der Waals surface area (Å²) in [6.45, 7) is 1.55. The minimum atomic E-state index is -0.247. The minimum absolute atomic E-state index is 0.247. The summed E-state index contributed by atoms with van der Waals surface area (Å²) in [6.07, 6.45) is 2.34. The summed E-state index contributed by atoms with van der Waals surface area (Å²) in [6, 6.07) is 10.4. The van der Waals surface area contributed by atoms with Gasteiger partial charge in [-0.15, -0.1) is 0 Å². The van der Waals surface area contributed by atoms with Gasteiger partial charge in [-0.3, -0.25) is 0 Å². The number of benzene rings is 1. The minimum Gasteiger partial charge on any atom is -0.467 e. The van der Waals surface area contributed by atoms with E-state index in [9.17, 15) is 4.79 Å². The van der Waals surface area contributed by atoms with Crippen LogP contribution in [0.1, 0.15) is 12.2 Å². The van der Waals surface area contributed by atoms with Crippen LogP contribution in [-0.4, -0.2) is 19.2 Å². The topological polar surface area (TPSA) is 63.5 Å². The lowest BCUT2D eigenvalue weighted by atomic mass is 10.3. The second-order valence-corrected chi connectivity index (χ2v) is 4.81. The Kier molecular flexibility index (Phi) is 6.12. The Bertz CT molecular complexity index is 541. The highest BCUT2D eigenvalue weighted by Gasteiger charge is 2.01. The van der Waals surface area contributed by atoms with Crippen LogP contribution in [0, 0.1) is 0 Å². The van der Waals surface area contributed by atoms with E-state index in [4.69, 9.17) is 20.8 Å². The van der Waals surface area contributed by atoms with Crippen molar-refractivity contribution in [2.75, 3.05) is 18.5 Å². The van der Waals surface area contributed by atoms with Crippen molar-refractivity contribution < 1.29 is 13.9 Å². The molecule has 0 bridgehead atoms. The molecule has 0 aliphatic rings. The fourth-order valence-electron chi connectivity index (χ4n) is 1.65. The maximum Gasteiger partial charge on any atom is 0.319 e. The molecule has 0 unspecified atom stereocenters. The second kappa shape index (κ2) is 8.34. The Morgan fingerprint density at radius 2 is 2.05 bits per heavy atom. The Labute approximate surface area is 128 Å². The second-order valence-electron chi connectivity index (χ2n) is 4.37. The zero-order chi connectivity index (χ0) is 14.9. The van der Waals surface area contributed by atoms with Gasteiger partial charge in [0.1, 0.15) is 12.4 Å². The number of furan rings is 1. The molecule has 0 aliphatic heterocycles. The molecule has 1 heterocycles. The highest BCUT2D eigenvalue weighted by Crippen LogP contribution is 2.12. The highest BCUT2D eigenvalue weighted by atomic mass is 35.5. The molecular formula is C15H17ClN2O3. The lowest BCUT2D eigenvalue weighted by molar-refractivity contribution is 0.104. The van der Waals surface area contributed by atoms with Crippen LogP contribution >= 0.6 is 11.6 Å². The molecule has 2 amide bonds. The molecule has 2 N–H and O–H groups in total. The Morgan fingerprint density at radius 3 is 2.76 bits per heavy atom. The normalized spacial score (nSPS) is 10.3. The molecule has 0 atom stereocenters. The van der Waals surface area contributed by atoms with Gasteiger partial charge in [0, 0.05) is 23.9 Å². The Hall–Kier alpha value is -1.98. The van der Waals surface area contributed by atoms with E-state index in [0.29, 0.717) is 30.5 Å². The number of carbonyl (C=O) groups is 1. The number of hydrogen-bond donors (Lipinski definition) is 2. The van der Waals surface area contributed by atoms with Crippen molar-refractivity contribution in [2.45, 2.75) is 13.0 Å². The molecule has 112 valence electrons. The van der Waals surface area contributed by atoms with Crippen molar-refractivity contribution in [3.8, 4) is 0 Å². The van der Waals surface area contributed by atoms with Crippen molar-refractivity contribution in [3.05, 3.63) is 53.4 Å². The smallest absolute Gasteiger partial charge is 0.319 e. The monoisotopic (exact) mass is 308 g/mol. The number of hydrogen-bond acceptors (Lipinski definition) is 3. The van der Waals surface area contributed by atoms with E-state index in [0.717, 1.165) is 12.2 Å². The van der Waals surface area contributed by atoms with Gasteiger partial charge in [0.25, 0.3) is 0 Å². The average Bonchev–Trinajstić information content (AvgIpc) is 2.98. The van der Waals surface area contributed by atoms with E-state index in [1.54, 1.807) is 30.5 Å². The van der Waals surface area contributed by atoms with Gasteiger partial charge in [-0.2, -0.15) is 0 Å². The zero-order valence-corrected chi connectivity index (χ0v) is 12.2. The molecular weight excluding hydrogens is 292 g/mol. The number of urea groups is 1. The molecule has 0 saturated carbocycles. The molecule has 2 aromatic rings. The van der Waals surface area contributed by atoms with Gasteiger partial charge in [0.2, 0.25) is 0 Å². The molecule has 0 fully saturated rings. The molecule has 1 aromatic heterocycles. The molecule has 5 nitrogen and oxygen atoms in total. The fourth-order valence-corrected chi connectivity index (χ4v) is 1.78. The van der Waals surface area contributed by atoms with Crippen molar-refractivity contribution in [2.24, 2.45) is 0 Å². The Morgan fingerprint density at radius 1 is 1.24 bits per heavy atom. The first kappa shape index (κ1) is 15.4. The maximum atomic E-state index is 11.6. The molecule has 0 spiro atoms. The quantitative estimate of drug-likeness (QED) is 0.767. The summed E-state index contributed by atoms with van der Waals surface area (Å²) < 4.78 is 10.6. The van der Waals surface area contributed by atoms with Gasteiger partial charge in [0.05, 0.1) is 6.26 Å².